The van der Waals surface area contributed by atoms with E-state index in [1.54, 1.807) is 0 Å². The Morgan fingerprint density at radius 2 is 2.00 bits per heavy atom. The summed E-state index contributed by atoms with van der Waals surface area (Å²) in [6.45, 7) is 10.8. The quantitative estimate of drug-likeness (QED) is 0.808. The molecule has 2 N–H and O–H groups in total. The van der Waals surface area contributed by atoms with Gasteiger partial charge in [-0.05, 0) is 23.0 Å². The van der Waals surface area contributed by atoms with Crippen LogP contribution in [0.4, 0.5) is 5.82 Å². The van der Waals surface area contributed by atoms with Gasteiger partial charge in [-0.1, -0.05) is 33.8 Å². The second-order valence-corrected chi connectivity index (χ2v) is 6.20. The molecule has 2 unspecified atom stereocenters. The van der Waals surface area contributed by atoms with Gasteiger partial charge in [0, 0.05) is 25.3 Å². The third kappa shape index (κ3) is 2.60. The molecule has 1 aliphatic rings. The third-order valence-electron chi connectivity index (χ3n) is 3.61. The van der Waals surface area contributed by atoms with Crippen LogP contribution in [0.25, 0.3) is 0 Å². The van der Waals surface area contributed by atoms with E-state index in [9.17, 15) is 0 Å². The zero-order valence-corrected chi connectivity index (χ0v) is 11.3. The molecule has 1 aromatic heterocycles. The maximum absolute atomic E-state index is 6.04. The summed E-state index contributed by atoms with van der Waals surface area (Å²) in [5, 5.41) is 0. The van der Waals surface area contributed by atoms with E-state index < -0.39 is 0 Å². The van der Waals surface area contributed by atoms with Crippen LogP contribution in [0.3, 0.4) is 0 Å². The van der Waals surface area contributed by atoms with Gasteiger partial charge >= 0.3 is 0 Å². The van der Waals surface area contributed by atoms with Crippen molar-refractivity contribution >= 4 is 5.82 Å². The molecule has 3 heteroatoms. The maximum Gasteiger partial charge on any atom is 0.128 e. The van der Waals surface area contributed by atoms with Crippen molar-refractivity contribution in [1.29, 1.82) is 0 Å². The van der Waals surface area contributed by atoms with Crippen LogP contribution in [0.1, 0.15) is 33.3 Å². The number of hydrogen-bond acceptors (Lipinski definition) is 3. The Morgan fingerprint density at radius 3 is 2.41 bits per heavy atom. The highest BCUT2D eigenvalue weighted by Crippen LogP contribution is 2.25. The second kappa shape index (κ2) is 4.30. The van der Waals surface area contributed by atoms with Crippen LogP contribution in [0.15, 0.2) is 18.3 Å². The van der Waals surface area contributed by atoms with Crippen LogP contribution >= 0.6 is 0 Å². The minimum atomic E-state index is 0.167. The molecule has 3 nitrogen and oxygen atoms in total. The molecule has 0 bridgehead atoms. The Balaban J connectivity index is 2.14. The minimum absolute atomic E-state index is 0.167. The van der Waals surface area contributed by atoms with Crippen LogP contribution < -0.4 is 10.6 Å². The predicted octanol–water partition coefficient (Wildman–Crippen LogP) is 2.16. The zero-order valence-electron chi connectivity index (χ0n) is 11.3. The van der Waals surface area contributed by atoms with Crippen molar-refractivity contribution < 1.29 is 0 Å². The van der Waals surface area contributed by atoms with Gasteiger partial charge in [0.05, 0.1) is 0 Å². The lowest BCUT2D eigenvalue weighted by molar-refractivity contribution is 0.566. The molecule has 0 saturated carbocycles. The van der Waals surface area contributed by atoms with Gasteiger partial charge in [-0.25, -0.2) is 4.98 Å². The molecule has 0 aliphatic carbocycles. The molecule has 0 spiro atoms. The standard InChI is InChI=1S/C14H23N3/c1-10-8-17(9-12(10)15)13-6-5-11(7-16-13)14(2,3)4/h5-7,10,12H,8-9,15H2,1-4H3. The molecule has 2 rings (SSSR count). The molecular weight excluding hydrogens is 210 g/mol. The first-order valence-corrected chi connectivity index (χ1v) is 6.35. The fourth-order valence-electron chi connectivity index (χ4n) is 2.20. The molecule has 0 aromatic carbocycles. The largest absolute Gasteiger partial charge is 0.355 e. The lowest BCUT2D eigenvalue weighted by atomic mass is 9.88. The summed E-state index contributed by atoms with van der Waals surface area (Å²) < 4.78 is 0. The highest BCUT2D eigenvalue weighted by Gasteiger charge is 2.27. The molecule has 2 atom stereocenters. The number of anilines is 1. The molecule has 1 aromatic rings. The van der Waals surface area contributed by atoms with Gasteiger partial charge in [0.25, 0.3) is 0 Å². The third-order valence-corrected chi connectivity index (χ3v) is 3.61. The fourth-order valence-corrected chi connectivity index (χ4v) is 2.20. The van der Waals surface area contributed by atoms with Crippen LogP contribution in [-0.4, -0.2) is 24.1 Å². The van der Waals surface area contributed by atoms with Crippen LogP contribution in [0, 0.1) is 5.92 Å². The van der Waals surface area contributed by atoms with Crippen molar-refractivity contribution in [2.45, 2.75) is 39.2 Å². The second-order valence-electron chi connectivity index (χ2n) is 6.20. The van der Waals surface area contributed by atoms with E-state index in [0.29, 0.717) is 5.92 Å². The SMILES string of the molecule is CC1CN(c2ccc(C(C)(C)C)cn2)CC1N. The van der Waals surface area contributed by atoms with E-state index in [-0.39, 0.29) is 11.5 Å². The lowest BCUT2D eigenvalue weighted by Gasteiger charge is -2.21. The number of hydrogen-bond donors (Lipinski definition) is 1. The van der Waals surface area contributed by atoms with Crippen molar-refractivity contribution in [1.82, 2.24) is 4.98 Å². The molecule has 1 aliphatic heterocycles. The van der Waals surface area contributed by atoms with Crippen LogP contribution in [0.5, 0.6) is 0 Å². The molecule has 94 valence electrons. The van der Waals surface area contributed by atoms with Crippen molar-refractivity contribution in [3.05, 3.63) is 23.9 Å². The lowest BCUT2D eigenvalue weighted by Crippen LogP contribution is -2.28. The Bertz CT molecular complexity index is 367. The monoisotopic (exact) mass is 233 g/mol. The summed E-state index contributed by atoms with van der Waals surface area (Å²) in [5.74, 6) is 1.61. The molecule has 1 saturated heterocycles. The van der Waals surface area contributed by atoms with Gasteiger partial charge in [0.1, 0.15) is 5.82 Å². The van der Waals surface area contributed by atoms with Crippen molar-refractivity contribution in [3.8, 4) is 0 Å². The van der Waals surface area contributed by atoms with E-state index in [1.165, 1.54) is 5.56 Å². The summed E-state index contributed by atoms with van der Waals surface area (Å²) in [6.07, 6.45) is 1.99. The van der Waals surface area contributed by atoms with Gasteiger partial charge in [0.2, 0.25) is 0 Å². The van der Waals surface area contributed by atoms with Crippen LogP contribution in [-0.2, 0) is 5.41 Å². The minimum Gasteiger partial charge on any atom is -0.355 e. The van der Waals surface area contributed by atoms with Gasteiger partial charge in [-0.2, -0.15) is 0 Å². The van der Waals surface area contributed by atoms with E-state index in [2.05, 4.69) is 49.7 Å². The number of rotatable bonds is 1. The first-order valence-electron chi connectivity index (χ1n) is 6.35. The number of nitrogens with zero attached hydrogens (tertiary/aromatic N) is 2. The Morgan fingerprint density at radius 1 is 1.29 bits per heavy atom. The maximum atomic E-state index is 6.04. The van der Waals surface area contributed by atoms with E-state index in [1.807, 2.05) is 6.20 Å². The molecule has 0 radical (unpaired) electrons. The zero-order chi connectivity index (χ0) is 12.6. The smallest absolute Gasteiger partial charge is 0.128 e. The van der Waals surface area contributed by atoms with Gasteiger partial charge in [-0.3, -0.25) is 0 Å². The van der Waals surface area contributed by atoms with Crippen molar-refractivity contribution in [3.63, 3.8) is 0 Å². The van der Waals surface area contributed by atoms with Crippen molar-refractivity contribution in [2.24, 2.45) is 11.7 Å². The first kappa shape index (κ1) is 12.4. The Labute approximate surface area is 104 Å². The molecule has 17 heavy (non-hydrogen) atoms. The normalized spacial score (nSPS) is 25.4. The van der Waals surface area contributed by atoms with E-state index in [4.69, 9.17) is 5.73 Å². The number of nitrogens with two attached hydrogens (primary N) is 1. The van der Waals surface area contributed by atoms with Crippen molar-refractivity contribution in [2.75, 3.05) is 18.0 Å². The highest BCUT2D eigenvalue weighted by atomic mass is 15.2. The summed E-state index contributed by atoms with van der Waals surface area (Å²) >= 11 is 0. The number of pyridine rings is 1. The summed E-state index contributed by atoms with van der Waals surface area (Å²) in [7, 11) is 0. The molecule has 0 amide bonds. The molecular formula is C14H23N3. The van der Waals surface area contributed by atoms with Gasteiger partial charge < -0.3 is 10.6 Å². The van der Waals surface area contributed by atoms with E-state index >= 15 is 0 Å². The number of aromatic nitrogens is 1. The summed E-state index contributed by atoms with van der Waals surface area (Å²) in [5.41, 5.74) is 7.48. The van der Waals surface area contributed by atoms with Crippen LogP contribution in [0.2, 0.25) is 0 Å². The topological polar surface area (TPSA) is 42.2 Å². The summed E-state index contributed by atoms with van der Waals surface area (Å²) in [4.78, 5) is 6.85. The van der Waals surface area contributed by atoms with E-state index in [0.717, 1.165) is 18.9 Å². The predicted molar refractivity (Wildman–Crippen MR) is 72.3 cm³/mol. The average Bonchev–Trinajstić information content (AvgIpc) is 2.58. The average molecular weight is 233 g/mol. The molecule has 1 fully saturated rings. The highest BCUT2D eigenvalue weighted by molar-refractivity contribution is 5.42. The summed E-state index contributed by atoms with van der Waals surface area (Å²) in [6, 6.07) is 4.57. The Kier molecular flexibility index (Phi) is 3.13. The fraction of sp³-hybridized carbons (Fsp3) is 0.643. The Hall–Kier alpha value is -1.09. The van der Waals surface area contributed by atoms with Gasteiger partial charge in [0.15, 0.2) is 0 Å². The van der Waals surface area contributed by atoms with Gasteiger partial charge in [-0.15, -0.1) is 0 Å². The molecule has 2 heterocycles. The first-order chi connectivity index (χ1) is 7.88.